The number of ether oxygens (including phenoxy) is 1. The van der Waals surface area contributed by atoms with Gasteiger partial charge in [-0.1, -0.05) is 36.4 Å². The van der Waals surface area contributed by atoms with Gasteiger partial charge in [0.05, 0.1) is 25.0 Å². The summed E-state index contributed by atoms with van der Waals surface area (Å²) in [7, 11) is 1.52. The lowest BCUT2D eigenvalue weighted by Crippen LogP contribution is -2.28. The van der Waals surface area contributed by atoms with E-state index in [4.69, 9.17) is 9.15 Å². The number of carbonyl (C=O) groups is 1. The smallest absolute Gasteiger partial charge is 0.255 e. The second-order valence-corrected chi connectivity index (χ2v) is 5.53. The summed E-state index contributed by atoms with van der Waals surface area (Å²) in [6.45, 7) is 0.108. The topological polar surface area (TPSA) is 71.7 Å². The fourth-order valence-corrected chi connectivity index (χ4v) is 2.55. The van der Waals surface area contributed by atoms with Crippen molar-refractivity contribution in [3.8, 4) is 17.1 Å². The van der Waals surface area contributed by atoms with Crippen LogP contribution < -0.4 is 10.1 Å². The van der Waals surface area contributed by atoms with Gasteiger partial charge in [0, 0.05) is 12.1 Å². The van der Waals surface area contributed by atoms with Gasteiger partial charge in [-0.05, 0) is 29.8 Å². The molecular formula is C20H19NO4. The Labute approximate surface area is 145 Å². The third-order valence-corrected chi connectivity index (χ3v) is 3.91. The van der Waals surface area contributed by atoms with Crippen LogP contribution in [0.25, 0.3) is 11.3 Å². The molecule has 128 valence electrons. The van der Waals surface area contributed by atoms with Gasteiger partial charge >= 0.3 is 0 Å². The van der Waals surface area contributed by atoms with Crippen molar-refractivity contribution in [2.24, 2.45) is 0 Å². The number of rotatable bonds is 6. The third-order valence-electron chi connectivity index (χ3n) is 3.91. The third kappa shape index (κ3) is 3.89. The van der Waals surface area contributed by atoms with Crippen LogP contribution in [0, 0.1) is 0 Å². The first kappa shape index (κ1) is 16.8. The largest absolute Gasteiger partial charge is 0.496 e. The fourth-order valence-electron chi connectivity index (χ4n) is 2.55. The molecule has 1 heterocycles. The Bertz CT molecular complexity index is 825. The van der Waals surface area contributed by atoms with Crippen LogP contribution in [0.1, 0.15) is 22.0 Å². The van der Waals surface area contributed by atoms with E-state index in [2.05, 4.69) is 5.32 Å². The molecule has 2 aromatic carbocycles. The Balaban J connectivity index is 1.62. The summed E-state index contributed by atoms with van der Waals surface area (Å²) in [5, 5.41) is 13.0. The van der Waals surface area contributed by atoms with Gasteiger partial charge in [0.25, 0.3) is 5.91 Å². The quantitative estimate of drug-likeness (QED) is 0.723. The molecule has 2 N–H and O–H groups in total. The van der Waals surface area contributed by atoms with E-state index < -0.39 is 6.10 Å². The minimum Gasteiger partial charge on any atom is -0.496 e. The standard InChI is InChI=1S/C20H19NO4/c1-24-19-6-3-2-5-16(19)20(23)21-13-17(22)14-8-10-15(11-9-14)18-7-4-12-25-18/h2-12,17,22H,13H2,1H3,(H,21,23)/t17-/m1/s1. The highest BCUT2D eigenvalue weighted by Crippen LogP contribution is 2.22. The number of hydrogen-bond acceptors (Lipinski definition) is 4. The number of benzene rings is 2. The van der Waals surface area contributed by atoms with E-state index in [0.717, 1.165) is 16.9 Å². The maximum atomic E-state index is 12.3. The normalized spacial score (nSPS) is 11.8. The van der Waals surface area contributed by atoms with Crippen molar-refractivity contribution >= 4 is 5.91 Å². The van der Waals surface area contributed by atoms with E-state index in [1.807, 2.05) is 36.4 Å². The second kappa shape index (κ2) is 7.68. The zero-order chi connectivity index (χ0) is 17.6. The van der Waals surface area contributed by atoms with E-state index in [-0.39, 0.29) is 12.5 Å². The van der Waals surface area contributed by atoms with E-state index in [0.29, 0.717) is 11.3 Å². The SMILES string of the molecule is COc1ccccc1C(=O)NC[C@@H](O)c1ccc(-c2ccco2)cc1. The van der Waals surface area contributed by atoms with E-state index >= 15 is 0 Å². The predicted octanol–water partition coefficient (Wildman–Crippen LogP) is 3.42. The Morgan fingerprint density at radius 1 is 1.12 bits per heavy atom. The van der Waals surface area contributed by atoms with Gasteiger partial charge in [-0.25, -0.2) is 0 Å². The van der Waals surface area contributed by atoms with Crippen LogP contribution in [0.15, 0.2) is 71.3 Å². The van der Waals surface area contributed by atoms with Gasteiger partial charge in [-0.3, -0.25) is 4.79 Å². The highest BCUT2D eigenvalue weighted by Gasteiger charge is 2.14. The lowest BCUT2D eigenvalue weighted by atomic mass is 10.1. The molecule has 0 saturated heterocycles. The van der Waals surface area contributed by atoms with Crippen LogP contribution in [0.2, 0.25) is 0 Å². The van der Waals surface area contributed by atoms with Crippen molar-refractivity contribution in [3.05, 3.63) is 78.1 Å². The average molecular weight is 337 g/mol. The molecule has 0 bridgehead atoms. The highest BCUT2D eigenvalue weighted by molar-refractivity contribution is 5.96. The lowest BCUT2D eigenvalue weighted by molar-refractivity contribution is 0.0913. The van der Waals surface area contributed by atoms with Gasteiger partial charge < -0.3 is 19.6 Å². The van der Waals surface area contributed by atoms with Crippen molar-refractivity contribution in [1.82, 2.24) is 5.32 Å². The van der Waals surface area contributed by atoms with Crippen molar-refractivity contribution in [2.75, 3.05) is 13.7 Å². The number of nitrogens with one attached hydrogen (secondary N) is 1. The molecule has 1 amide bonds. The van der Waals surface area contributed by atoms with Crippen LogP contribution in [0.5, 0.6) is 5.75 Å². The number of furan rings is 1. The Hall–Kier alpha value is -3.05. The van der Waals surface area contributed by atoms with Crippen LogP contribution in [0.4, 0.5) is 0 Å². The molecule has 1 atom stereocenters. The van der Waals surface area contributed by atoms with Crippen molar-refractivity contribution < 1.29 is 19.1 Å². The molecule has 5 nitrogen and oxygen atoms in total. The summed E-state index contributed by atoms with van der Waals surface area (Å²) in [6, 6.07) is 18.0. The van der Waals surface area contributed by atoms with Crippen molar-refractivity contribution in [1.29, 1.82) is 0 Å². The van der Waals surface area contributed by atoms with Gasteiger partial charge in [0.2, 0.25) is 0 Å². The number of aliphatic hydroxyl groups is 1. The molecular weight excluding hydrogens is 318 g/mol. The average Bonchev–Trinajstić information content (AvgIpc) is 3.20. The molecule has 3 aromatic rings. The highest BCUT2D eigenvalue weighted by atomic mass is 16.5. The molecule has 0 radical (unpaired) electrons. The zero-order valence-corrected chi connectivity index (χ0v) is 13.8. The van der Waals surface area contributed by atoms with Gasteiger partial charge in [-0.2, -0.15) is 0 Å². The van der Waals surface area contributed by atoms with Crippen LogP contribution in [-0.4, -0.2) is 24.7 Å². The maximum Gasteiger partial charge on any atom is 0.255 e. The molecule has 25 heavy (non-hydrogen) atoms. The monoisotopic (exact) mass is 337 g/mol. The van der Waals surface area contributed by atoms with Gasteiger partial charge in [0.1, 0.15) is 11.5 Å². The summed E-state index contributed by atoms with van der Waals surface area (Å²) in [6.07, 6.45) is 0.815. The summed E-state index contributed by atoms with van der Waals surface area (Å²) in [5.41, 5.74) is 2.08. The number of aliphatic hydroxyl groups excluding tert-OH is 1. The Morgan fingerprint density at radius 3 is 2.56 bits per heavy atom. The minimum absolute atomic E-state index is 0.108. The number of para-hydroxylation sites is 1. The zero-order valence-electron chi connectivity index (χ0n) is 13.8. The van der Waals surface area contributed by atoms with Crippen molar-refractivity contribution in [3.63, 3.8) is 0 Å². The number of carbonyl (C=O) groups excluding carboxylic acids is 1. The molecule has 0 aliphatic rings. The first-order chi connectivity index (χ1) is 12.2. The summed E-state index contributed by atoms with van der Waals surface area (Å²) in [4.78, 5) is 12.3. The van der Waals surface area contributed by atoms with E-state index in [1.165, 1.54) is 7.11 Å². The summed E-state index contributed by atoms with van der Waals surface area (Å²) in [5.74, 6) is 0.978. The van der Waals surface area contributed by atoms with Crippen LogP contribution in [-0.2, 0) is 0 Å². The Kier molecular flexibility index (Phi) is 5.16. The van der Waals surface area contributed by atoms with Crippen LogP contribution in [0.3, 0.4) is 0 Å². The molecule has 3 rings (SSSR count). The van der Waals surface area contributed by atoms with Gasteiger partial charge in [0.15, 0.2) is 0 Å². The summed E-state index contributed by atoms with van der Waals surface area (Å²) < 4.78 is 10.5. The molecule has 5 heteroatoms. The molecule has 0 spiro atoms. The van der Waals surface area contributed by atoms with Gasteiger partial charge in [-0.15, -0.1) is 0 Å². The molecule has 0 unspecified atom stereocenters. The predicted molar refractivity (Wildman–Crippen MR) is 94.4 cm³/mol. The number of methoxy groups -OCH3 is 1. The van der Waals surface area contributed by atoms with Crippen molar-refractivity contribution in [2.45, 2.75) is 6.10 Å². The second-order valence-electron chi connectivity index (χ2n) is 5.53. The molecule has 0 aliphatic carbocycles. The first-order valence-electron chi connectivity index (χ1n) is 7.92. The summed E-state index contributed by atoms with van der Waals surface area (Å²) >= 11 is 0. The fraction of sp³-hybridized carbons (Fsp3) is 0.150. The van der Waals surface area contributed by atoms with Crippen LogP contribution >= 0.6 is 0 Å². The molecule has 1 aromatic heterocycles. The first-order valence-corrected chi connectivity index (χ1v) is 7.92. The molecule has 0 aliphatic heterocycles. The maximum absolute atomic E-state index is 12.3. The van der Waals surface area contributed by atoms with E-state index in [9.17, 15) is 9.90 Å². The van der Waals surface area contributed by atoms with E-state index in [1.54, 1.807) is 30.5 Å². The number of hydrogen-bond donors (Lipinski definition) is 2. The number of amides is 1. The Morgan fingerprint density at radius 2 is 1.88 bits per heavy atom. The lowest BCUT2D eigenvalue weighted by Gasteiger charge is -2.14. The molecule has 0 saturated carbocycles. The minimum atomic E-state index is -0.802. The molecule has 0 fully saturated rings.